The van der Waals surface area contributed by atoms with E-state index in [0.717, 1.165) is 16.8 Å². The molecule has 1 aliphatic heterocycles. The van der Waals surface area contributed by atoms with Crippen molar-refractivity contribution in [3.05, 3.63) is 41.0 Å². The van der Waals surface area contributed by atoms with E-state index >= 15 is 0 Å². The molecule has 3 heteroatoms. The molecule has 1 aromatic rings. The first kappa shape index (κ1) is 13.5. The standard InChI is InChI=1S/C20H21NO2/c1-10-8-11(2)17(12(3)9-10)21-18(22)15-13-4-5-14(16(15)19(21)23)20(13)6-7-20/h4-5,8-9,13-16H,6-7H2,1-3H3/t13-,14-,15+,16+/m1/s1. The quantitative estimate of drug-likeness (QED) is 0.589. The molecule has 0 unspecified atom stereocenters. The van der Waals surface area contributed by atoms with E-state index in [0.29, 0.717) is 11.8 Å². The van der Waals surface area contributed by atoms with E-state index in [1.54, 1.807) is 0 Å². The van der Waals surface area contributed by atoms with Crippen LogP contribution < -0.4 is 4.90 Å². The number of aryl methyl sites for hydroxylation is 3. The predicted octanol–water partition coefficient (Wildman–Crippen LogP) is 3.31. The minimum Gasteiger partial charge on any atom is -0.274 e. The van der Waals surface area contributed by atoms with Gasteiger partial charge in [-0.15, -0.1) is 0 Å². The van der Waals surface area contributed by atoms with Gasteiger partial charge < -0.3 is 0 Å². The van der Waals surface area contributed by atoms with Crippen molar-refractivity contribution in [1.82, 2.24) is 0 Å². The van der Waals surface area contributed by atoms with Gasteiger partial charge in [0.05, 0.1) is 17.5 Å². The van der Waals surface area contributed by atoms with Gasteiger partial charge in [-0.05, 0) is 62.0 Å². The van der Waals surface area contributed by atoms with Gasteiger partial charge in [-0.2, -0.15) is 0 Å². The fraction of sp³-hybridized carbons (Fsp3) is 0.500. The van der Waals surface area contributed by atoms with Gasteiger partial charge in [0, 0.05) is 0 Å². The summed E-state index contributed by atoms with van der Waals surface area (Å²) in [5.74, 6) is 0.451. The lowest BCUT2D eigenvalue weighted by Gasteiger charge is -2.24. The Hall–Kier alpha value is -1.90. The number of fused-ring (bicyclic) bond motifs is 3. The normalized spacial score (nSPS) is 35.5. The molecule has 2 bridgehead atoms. The van der Waals surface area contributed by atoms with Crippen molar-refractivity contribution in [3.8, 4) is 0 Å². The first-order chi connectivity index (χ1) is 11.0. The molecule has 3 nitrogen and oxygen atoms in total. The summed E-state index contributed by atoms with van der Waals surface area (Å²) in [5.41, 5.74) is 4.30. The van der Waals surface area contributed by atoms with Crippen LogP contribution in [0.1, 0.15) is 29.5 Å². The minimum absolute atomic E-state index is 0.0400. The van der Waals surface area contributed by atoms with E-state index in [9.17, 15) is 9.59 Å². The fourth-order valence-corrected chi connectivity index (χ4v) is 5.82. The maximum absolute atomic E-state index is 13.2. The molecule has 1 spiro atoms. The van der Waals surface area contributed by atoms with Gasteiger partial charge in [0.2, 0.25) is 11.8 Å². The molecule has 118 valence electrons. The molecule has 3 fully saturated rings. The van der Waals surface area contributed by atoms with Gasteiger partial charge in [-0.25, -0.2) is 4.90 Å². The Morgan fingerprint density at radius 3 is 1.83 bits per heavy atom. The Labute approximate surface area is 136 Å². The third-order valence-electron chi connectivity index (χ3n) is 6.71. The molecule has 23 heavy (non-hydrogen) atoms. The summed E-state index contributed by atoms with van der Waals surface area (Å²) >= 11 is 0. The lowest BCUT2D eigenvalue weighted by Crippen LogP contribution is -2.35. The van der Waals surface area contributed by atoms with Crippen LogP contribution in [0.3, 0.4) is 0 Å². The highest BCUT2D eigenvalue weighted by Crippen LogP contribution is 2.73. The van der Waals surface area contributed by atoms with Crippen molar-refractivity contribution >= 4 is 17.5 Å². The van der Waals surface area contributed by atoms with E-state index in [1.807, 2.05) is 20.8 Å². The molecule has 0 radical (unpaired) electrons. The van der Waals surface area contributed by atoms with E-state index in [2.05, 4.69) is 24.3 Å². The molecule has 5 rings (SSSR count). The number of amides is 2. The third kappa shape index (κ3) is 1.42. The molecule has 1 saturated heterocycles. The average molecular weight is 307 g/mol. The molecule has 2 amide bonds. The second-order valence-electron chi connectivity index (χ2n) is 7.98. The summed E-state index contributed by atoms with van der Waals surface area (Å²) in [6.45, 7) is 6.05. The van der Waals surface area contributed by atoms with Crippen LogP contribution in [0.15, 0.2) is 24.3 Å². The van der Waals surface area contributed by atoms with Gasteiger partial charge in [-0.1, -0.05) is 29.8 Å². The Kier molecular flexibility index (Phi) is 2.32. The lowest BCUT2D eigenvalue weighted by atomic mass is 9.85. The number of carbonyl (C=O) groups is 2. The van der Waals surface area contributed by atoms with Crippen molar-refractivity contribution in [1.29, 1.82) is 0 Å². The first-order valence-electron chi connectivity index (χ1n) is 8.60. The first-order valence-corrected chi connectivity index (χ1v) is 8.60. The Morgan fingerprint density at radius 2 is 1.39 bits per heavy atom. The van der Waals surface area contributed by atoms with E-state index in [1.165, 1.54) is 23.3 Å². The van der Waals surface area contributed by atoms with Gasteiger partial charge in [-0.3, -0.25) is 9.59 Å². The van der Waals surface area contributed by atoms with Crippen molar-refractivity contribution in [2.45, 2.75) is 33.6 Å². The van der Waals surface area contributed by atoms with Gasteiger partial charge >= 0.3 is 0 Å². The van der Waals surface area contributed by atoms with E-state index in [-0.39, 0.29) is 29.1 Å². The van der Waals surface area contributed by atoms with Crippen LogP contribution in [0.4, 0.5) is 5.69 Å². The number of nitrogens with zero attached hydrogens (tertiary/aromatic N) is 1. The number of benzene rings is 1. The monoisotopic (exact) mass is 307 g/mol. The molecule has 0 aromatic heterocycles. The second-order valence-corrected chi connectivity index (χ2v) is 7.98. The maximum atomic E-state index is 13.2. The smallest absolute Gasteiger partial charge is 0.238 e. The largest absolute Gasteiger partial charge is 0.274 e. The van der Waals surface area contributed by atoms with Crippen molar-refractivity contribution in [2.24, 2.45) is 29.1 Å². The van der Waals surface area contributed by atoms with E-state index < -0.39 is 0 Å². The maximum Gasteiger partial charge on any atom is 0.238 e. The highest BCUT2D eigenvalue weighted by atomic mass is 16.2. The van der Waals surface area contributed by atoms with Gasteiger partial charge in [0.25, 0.3) is 0 Å². The summed E-state index contributed by atoms with van der Waals surface area (Å²) < 4.78 is 0. The topological polar surface area (TPSA) is 37.4 Å². The number of hydrogen-bond acceptors (Lipinski definition) is 2. The van der Waals surface area contributed by atoms with Crippen LogP contribution >= 0.6 is 0 Å². The highest BCUT2D eigenvalue weighted by molar-refractivity contribution is 6.23. The number of allylic oxidation sites excluding steroid dienone is 2. The van der Waals surface area contributed by atoms with Gasteiger partial charge in [0.1, 0.15) is 0 Å². The summed E-state index contributed by atoms with van der Waals surface area (Å²) in [5, 5.41) is 0. The summed E-state index contributed by atoms with van der Waals surface area (Å²) in [6.07, 6.45) is 6.82. The van der Waals surface area contributed by atoms with Crippen LogP contribution in [0.25, 0.3) is 0 Å². The number of imide groups is 1. The minimum atomic E-state index is -0.111. The third-order valence-corrected chi connectivity index (χ3v) is 6.71. The van der Waals surface area contributed by atoms with Crippen molar-refractivity contribution < 1.29 is 9.59 Å². The molecule has 0 N–H and O–H groups in total. The van der Waals surface area contributed by atoms with E-state index in [4.69, 9.17) is 0 Å². The lowest BCUT2D eigenvalue weighted by molar-refractivity contribution is -0.123. The Balaban J connectivity index is 1.62. The zero-order chi connectivity index (χ0) is 16.1. The van der Waals surface area contributed by atoms with Crippen LogP contribution in [0.5, 0.6) is 0 Å². The second kappa shape index (κ2) is 3.95. The molecule has 4 aliphatic rings. The molecule has 1 aromatic carbocycles. The SMILES string of the molecule is Cc1cc(C)c(N2C(=O)[C@@H]3[C@@H](C2=O)[C@H]2C=C[C@H]3C23CC3)c(C)c1. The Bertz CT molecular complexity index is 745. The van der Waals surface area contributed by atoms with Crippen LogP contribution in [0, 0.1) is 49.9 Å². The molecular formula is C20H21NO2. The fourth-order valence-electron chi connectivity index (χ4n) is 5.82. The number of carbonyl (C=O) groups excluding carboxylic acids is 2. The van der Waals surface area contributed by atoms with Crippen LogP contribution in [0.2, 0.25) is 0 Å². The average Bonchev–Trinajstić information content (AvgIpc) is 3.08. The van der Waals surface area contributed by atoms with Crippen molar-refractivity contribution in [2.75, 3.05) is 4.90 Å². The zero-order valence-corrected chi connectivity index (χ0v) is 13.8. The van der Waals surface area contributed by atoms with Gasteiger partial charge in [0.15, 0.2) is 0 Å². The summed E-state index contributed by atoms with van der Waals surface area (Å²) in [4.78, 5) is 27.8. The summed E-state index contributed by atoms with van der Waals surface area (Å²) in [7, 11) is 0. The molecule has 3 aliphatic carbocycles. The van der Waals surface area contributed by atoms with Crippen LogP contribution in [-0.2, 0) is 9.59 Å². The zero-order valence-electron chi connectivity index (χ0n) is 13.8. The number of rotatable bonds is 1. The highest BCUT2D eigenvalue weighted by Gasteiger charge is 2.73. The Morgan fingerprint density at radius 1 is 0.913 bits per heavy atom. The molecular weight excluding hydrogens is 286 g/mol. The molecule has 2 saturated carbocycles. The summed E-state index contributed by atoms with van der Waals surface area (Å²) in [6, 6.07) is 4.12. The van der Waals surface area contributed by atoms with Crippen molar-refractivity contribution in [3.63, 3.8) is 0 Å². The molecule has 4 atom stereocenters. The molecule has 1 heterocycles. The number of hydrogen-bond donors (Lipinski definition) is 0. The number of anilines is 1. The van der Waals surface area contributed by atoms with Crippen LogP contribution in [-0.4, -0.2) is 11.8 Å². The predicted molar refractivity (Wildman–Crippen MR) is 87.9 cm³/mol.